The minimum Gasteiger partial charge on any atom is -1.00 e. The number of aromatic carboxylic acids is 1. The minimum absolute atomic E-state index is 0. The zero-order valence-electron chi connectivity index (χ0n) is 19.3. The van der Waals surface area contributed by atoms with Gasteiger partial charge in [0.2, 0.25) is 5.91 Å². The normalized spacial score (nSPS) is 11.0. The van der Waals surface area contributed by atoms with Gasteiger partial charge in [0, 0.05) is 12.0 Å². The Kier molecular flexibility index (Phi) is 15.2. The molecule has 1 unspecified atom stereocenters. The molecule has 1 atom stereocenters. The van der Waals surface area contributed by atoms with Crippen molar-refractivity contribution in [2.45, 2.75) is 26.8 Å². The maximum Gasteiger partial charge on any atom is 1.00 e. The van der Waals surface area contributed by atoms with Crippen molar-refractivity contribution in [2.75, 3.05) is 31.6 Å². The third-order valence-corrected chi connectivity index (χ3v) is 5.93. The van der Waals surface area contributed by atoms with Crippen LogP contribution in [0.15, 0.2) is 17.5 Å². The Morgan fingerprint density at radius 3 is 2.19 bits per heavy atom. The second-order valence-electron chi connectivity index (χ2n) is 6.27. The van der Waals surface area contributed by atoms with Gasteiger partial charge in [0.05, 0.1) is 35.5 Å². The number of nitrogens with zero attached hydrogens (tertiary/aromatic N) is 1. The minimum atomic E-state index is -1.16. The van der Waals surface area contributed by atoms with E-state index >= 15 is 0 Å². The monoisotopic (exact) mass is 535 g/mol. The first-order valence-corrected chi connectivity index (χ1v) is 10.9. The van der Waals surface area contributed by atoms with Crippen LogP contribution in [0.4, 0.5) is 5.69 Å². The van der Waals surface area contributed by atoms with Gasteiger partial charge < -0.3 is 20.9 Å². The molecule has 1 N–H and O–H groups in total. The smallest absolute Gasteiger partial charge is 1.00 e. The Labute approximate surface area is 245 Å². The molecule has 1 aromatic carbocycles. The van der Waals surface area contributed by atoms with E-state index in [2.05, 4.69) is 5.38 Å². The number of hydrogen-bond donors (Lipinski definition) is 1. The molecule has 0 aliphatic heterocycles. The number of carbonyl (C=O) groups is 2. The third-order valence-electron chi connectivity index (χ3n) is 4.07. The fourth-order valence-electron chi connectivity index (χ4n) is 2.83. The molecule has 0 aliphatic rings. The number of benzene rings is 1. The predicted octanol–water partition coefficient (Wildman–Crippen LogP) is 2.79. The van der Waals surface area contributed by atoms with Crippen LogP contribution in [0, 0.1) is 13.8 Å². The second-order valence-corrected chi connectivity index (χ2v) is 8.43. The molecule has 1 amide bonds. The SMILES string of the molecule is COCC(C)N(C(=O)CCl)c1c(C)csc1C.COc1c(Cl)ccc(Cl)c1C(=O)O.[H-].[K+]. The largest absolute Gasteiger partial charge is 1.00 e. The number of thiophene rings is 1. The van der Waals surface area contributed by atoms with E-state index in [1.807, 2.05) is 20.8 Å². The van der Waals surface area contributed by atoms with Gasteiger partial charge in [-0.1, -0.05) is 23.2 Å². The molecule has 31 heavy (non-hydrogen) atoms. The zero-order chi connectivity index (χ0) is 23.0. The first-order chi connectivity index (χ1) is 14.1. The molecule has 1 heterocycles. The first kappa shape index (κ1) is 31.1. The summed E-state index contributed by atoms with van der Waals surface area (Å²) in [4.78, 5) is 25.6. The van der Waals surface area contributed by atoms with E-state index in [1.165, 1.54) is 19.2 Å². The van der Waals surface area contributed by atoms with Crippen molar-refractivity contribution >= 4 is 63.7 Å². The Balaban J connectivity index is 0. The first-order valence-electron chi connectivity index (χ1n) is 8.77. The number of carboxylic acids is 1. The van der Waals surface area contributed by atoms with Crippen molar-refractivity contribution in [1.82, 2.24) is 0 Å². The summed E-state index contributed by atoms with van der Waals surface area (Å²) in [5.74, 6) is -1.17. The van der Waals surface area contributed by atoms with Gasteiger partial charge in [-0.15, -0.1) is 22.9 Å². The van der Waals surface area contributed by atoms with Crippen LogP contribution in [0.25, 0.3) is 0 Å². The van der Waals surface area contributed by atoms with Crippen molar-refractivity contribution in [1.29, 1.82) is 0 Å². The number of hydrogen-bond acceptors (Lipinski definition) is 5. The van der Waals surface area contributed by atoms with Gasteiger partial charge in [-0.05, 0) is 43.8 Å². The van der Waals surface area contributed by atoms with Crippen LogP contribution in [-0.2, 0) is 9.53 Å². The Bertz CT molecular complexity index is 881. The maximum absolute atomic E-state index is 12.0. The molecular formula is C20H25Cl3KNO5S. The summed E-state index contributed by atoms with van der Waals surface area (Å²) in [5.41, 5.74) is 1.97. The molecule has 0 fully saturated rings. The third kappa shape index (κ3) is 8.44. The van der Waals surface area contributed by atoms with E-state index in [9.17, 15) is 9.59 Å². The molecule has 2 aromatic rings. The van der Waals surface area contributed by atoms with E-state index in [4.69, 9.17) is 49.4 Å². The number of anilines is 1. The van der Waals surface area contributed by atoms with E-state index in [1.54, 1.807) is 23.3 Å². The van der Waals surface area contributed by atoms with Crippen molar-refractivity contribution in [3.63, 3.8) is 0 Å². The number of methoxy groups -OCH3 is 2. The molecule has 1 aromatic heterocycles. The predicted molar refractivity (Wildman–Crippen MR) is 124 cm³/mol. The van der Waals surface area contributed by atoms with Gasteiger partial charge in [-0.25, -0.2) is 4.79 Å². The Morgan fingerprint density at radius 1 is 1.23 bits per heavy atom. The van der Waals surface area contributed by atoms with Gasteiger partial charge in [0.15, 0.2) is 5.75 Å². The van der Waals surface area contributed by atoms with Crippen molar-refractivity contribution in [3.05, 3.63) is 43.6 Å². The van der Waals surface area contributed by atoms with Crippen molar-refractivity contribution in [2.24, 2.45) is 0 Å². The van der Waals surface area contributed by atoms with Gasteiger partial charge in [0.1, 0.15) is 11.4 Å². The van der Waals surface area contributed by atoms with Crippen LogP contribution in [0.5, 0.6) is 5.75 Å². The second kappa shape index (κ2) is 15.1. The van der Waals surface area contributed by atoms with Crippen LogP contribution in [0.2, 0.25) is 10.0 Å². The molecule has 11 heteroatoms. The standard InChI is InChI=1S/C12H18ClNO2S.C8H6Cl2O3.K.H/c1-8-7-17-10(3)12(8)14(11(15)5-13)9(2)6-16-4;1-13-7-5(10)3-2-4(9)6(7)8(11)12;;/h7,9H,5-6H2,1-4H3;2-3H,1H3,(H,11,12);;/q;;+1;-1. The van der Waals surface area contributed by atoms with Crippen LogP contribution in [0.1, 0.15) is 29.1 Å². The molecule has 0 saturated heterocycles. The number of ether oxygens (including phenoxy) is 2. The fraction of sp³-hybridized carbons (Fsp3) is 0.400. The summed E-state index contributed by atoms with van der Waals surface area (Å²) in [7, 11) is 2.97. The summed E-state index contributed by atoms with van der Waals surface area (Å²) in [6.07, 6.45) is 0. The van der Waals surface area contributed by atoms with Gasteiger partial charge in [-0.2, -0.15) is 0 Å². The Morgan fingerprint density at radius 2 is 1.81 bits per heavy atom. The van der Waals surface area contributed by atoms with Crippen molar-refractivity contribution in [3.8, 4) is 5.75 Å². The van der Waals surface area contributed by atoms with Crippen molar-refractivity contribution < 1.29 is 77.0 Å². The van der Waals surface area contributed by atoms with Crippen LogP contribution >= 0.6 is 46.1 Å². The molecule has 6 nitrogen and oxygen atoms in total. The number of carboxylic acid groups (broad SMARTS) is 1. The van der Waals surface area contributed by atoms with E-state index in [-0.39, 0.29) is 92.0 Å². The molecule has 2 rings (SSSR count). The van der Waals surface area contributed by atoms with Gasteiger partial charge >= 0.3 is 57.4 Å². The van der Waals surface area contributed by atoms with Gasteiger partial charge in [0.25, 0.3) is 0 Å². The number of carbonyl (C=O) groups excluding carboxylic acids is 1. The topological polar surface area (TPSA) is 76.1 Å². The summed E-state index contributed by atoms with van der Waals surface area (Å²) in [6, 6.07) is 2.88. The number of alkyl halides is 1. The van der Waals surface area contributed by atoms with E-state index in [0.717, 1.165) is 16.1 Å². The summed E-state index contributed by atoms with van der Waals surface area (Å²) in [6.45, 7) is 6.48. The van der Waals surface area contributed by atoms with Crippen LogP contribution in [-0.4, -0.2) is 49.7 Å². The number of halogens is 3. The quantitative estimate of drug-likeness (QED) is 0.435. The molecule has 0 bridgehead atoms. The average molecular weight is 537 g/mol. The van der Waals surface area contributed by atoms with Crippen LogP contribution < -0.4 is 61.0 Å². The fourth-order valence-corrected chi connectivity index (χ4v) is 4.26. The average Bonchev–Trinajstić information content (AvgIpc) is 3.02. The maximum atomic E-state index is 12.0. The summed E-state index contributed by atoms with van der Waals surface area (Å²) >= 11 is 18.7. The van der Waals surface area contributed by atoms with Crippen LogP contribution in [0.3, 0.4) is 0 Å². The molecule has 0 aliphatic carbocycles. The molecule has 168 valence electrons. The Hall–Kier alpha value is 0.126. The summed E-state index contributed by atoms with van der Waals surface area (Å²) in [5, 5.41) is 11.2. The number of rotatable bonds is 7. The van der Waals surface area contributed by atoms with E-state index < -0.39 is 5.97 Å². The molecular weight excluding hydrogens is 512 g/mol. The zero-order valence-corrected chi connectivity index (χ0v) is 24.5. The number of aryl methyl sites for hydroxylation is 2. The summed E-state index contributed by atoms with van der Waals surface area (Å²) < 4.78 is 9.94. The van der Waals surface area contributed by atoms with E-state index in [0.29, 0.717) is 6.61 Å². The van der Waals surface area contributed by atoms with Gasteiger partial charge in [-0.3, -0.25) is 4.79 Å². The number of amides is 1. The molecule has 0 spiro atoms. The molecule has 0 saturated carbocycles. The molecule has 0 radical (unpaired) electrons.